The SMILES string of the molecule is CCc1c(O[C@H]2O[C@@H](COC(C)=O)[C@@H](OC(C)=O)[C@@H](OC(C)=O)[C@@H]2OC(C)=O)ccc(C(=O)Cc2ccc3c(c2)OCO3)c1O. The van der Waals surface area contributed by atoms with Crippen molar-refractivity contribution >= 4 is 29.7 Å². The molecule has 2 aliphatic heterocycles. The van der Waals surface area contributed by atoms with E-state index in [1.165, 1.54) is 12.1 Å². The number of hydrogen-bond donors (Lipinski definition) is 1. The first-order valence-electron chi connectivity index (χ1n) is 14.1. The lowest BCUT2D eigenvalue weighted by Gasteiger charge is -2.44. The highest BCUT2D eigenvalue weighted by atomic mass is 16.7. The lowest BCUT2D eigenvalue weighted by atomic mass is 9.97. The van der Waals surface area contributed by atoms with Crippen LogP contribution in [0.1, 0.15) is 56.1 Å². The fraction of sp³-hybridized carbons (Fsp3) is 0.452. The van der Waals surface area contributed by atoms with Gasteiger partial charge in [-0.2, -0.15) is 0 Å². The fourth-order valence-electron chi connectivity index (χ4n) is 5.04. The second-order valence-electron chi connectivity index (χ2n) is 10.3. The van der Waals surface area contributed by atoms with Gasteiger partial charge in [0.1, 0.15) is 24.2 Å². The maximum absolute atomic E-state index is 13.2. The molecule has 1 N–H and O–H groups in total. The van der Waals surface area contributed by atoms with Gasteiger partial charge in [-0.15, -0.1) is 0 Å². The predicted molar refractivity (Wildman–Crippen MR) is 151 cm³/mol. The Morgan fingerprint density at radius 1 is 0.822 bits per heavy atom. The van der Waals surface area contributed by atoms with Crippen molar-refractivity contribution in [1.29, 1.82) is 0 Å². The van der Waals surface area contributed by atoms with Crippen molar-refractivity contribution in [2.45, 2.75) is 78.2 Å². The largest absolute Gasteiger partial charge is 0.507 e. The molecule has 0 radical (unpaired) electrons. The van der Waals surface area contributed by atoms with Crippen molar-refractivity contribution in [1.82, 2.24) is 0 Å². The van der Waals surface area contributed by atoms with E-state index >= 15 is 0 Å². The van der Waals surface area contributed by atoms with E-state index in [9.17, 15) is 29.1 Å². The lowest BCUT2D eigenvalue weighted by Crippen LogP contribution is -2.63. The van der Waals surface area contributed by atoms with Crippen LogP contribution in [0.4, 0.5) is 0 Å². The zero-order valence-electron chi connectivity index (χ0n) is 25.4. The summed E-state index contributed by atoms with van der Waals surface area (Å²) < 4.78 is 44.1. The van der Waals surface area contributed by atoms with Gasteiger partial charge in [0.2, 0.25) is 19.2 Å². The number of fused-ring (bicyclic) bond motifs is 1. The number of carbonyl (C=O) groups is 5. The summed E-state index contributed by atoms with van der Waals surface area (Å²) in [5.41, 5.74) is 0.928. The molecule has 45 heavy (non-hydrogen) atoms. The Morgan fingerprint density at radius 2 is 1.47 bits per heavy atom. The minimum Gasteiger partial charge on any atom is -0.507 e. The van der Waals surface area contributed by atoms with Crippen LogP contribution in [0.25, 0.3) is 0 Å². The van der Waals surface area contributed by atoms with E-state index in [1.807, 2.05) is 0 Å². The Labute approximate surface area is 258 Å². The van der Waals surface area contributed by atoms with E-state index < -0.39 is 61.2 Å². The molecule has 0 saturated carbocycles. The van der Waals surface area contributed by atoms with Crippen molar-refractivity contribution < 1.29 is 67.0 Å². The van der Waals surface area contributed by atoms with Crippen molar-refractivity contribution in [2.75, 3.05) is 13.4 Å². The molecular formula is C31H34O14. The number of ether oxygens (including phenoxy) is 8. The van der Waals surface area contributed by atoms with Crippen LogP contribution >= 0.6 is 0 Å². The zero-order chi connectivity index (χ0) is 32.8. The summed E-state index contributed by atoms with van der Waals surface area (Å²) in [6.45, 7) is 5.87. The van der Waals surface area contributed by atoms with Gasteiger partial charge in [0.25, 0.3) is 0 Å². The normalized spacial score (nSPS) is 21.8. The summed E-state index contributed by atoms with van der Waals surface area (Å²) in [5.74, 6) is -2.56. The molecule has 4 rings (SSSR count). The molecule has 14 heteroatoms. The van der Waals surface area contributed by atoms with E-state index in [0.29, 0.717) is 17.1 Å². The number of benzene rings is 2. The number of Topliss-reactive ketones (excluding diaryl/α,β-unsaturated/α-hetero) is 1. The molecule has 0 bridgehead atoms. The van der Waals surface area contributed by atoms with E-state index in [2.05, 4.69) is 0 Å². The number of phenolic OH excluding ortho intramolecular Hbond substituents is 1. The Morgan fingerprint density at radius 3 is 2.11 bits per heavy atom. The topological polar surface area (TPSA) is 179 Å². The van der Waals surface area contributed by atoms with Crippen LogP contribution in [0.5, 0.6) is 23.0 Å². The van der Waals surface area contributed by atoms with Crippen molar-refractivity contribution in [2.24, 2.45) is 0 Å². The van der Waals surface area contributed by atoms with Crippen LogP contribution in [-0.2, 0) is 55.7 Å². The third kappa shape index (κ3) is 8.01. The molecule has 14 nitrogen and oxygen atoms in total. The number of carbonyl (C=O) groups excluding carboxylic acids is 5. The molecule has 2 aromatic rings. The molecule has 242 valence electrons. The van der Waals surface area contributed by atoms with E-state index in [0.717, 1.165) is 27.7 Å². The van der Waals surface area contributed by atoms with Gasteiger partial charge in [-0.1, -0.05) is 13.0 Å². The summed E-state index contributed by atoms with van der Waals surface area (Å²) in [6.07, 6.45) is -6.82. The summed E-state index contributed by atoms with van der Waals surface area (Å²) >= 11 is 0. The molecule has 0 spiro atoms. The highest BCUT2D eigenvalue weighted by Crippen LogP contribution is 2.37. The smallest absolute Gasteiger partial charge is 0.303 e. The average molecular weight is 631 g/mol. The third-order valence-corrected chi connectivity index (χ3v) is 6.89. The highest BCUT2D eigenvalue weighted by molar-refractivity contribution is 6.00. The van der Waals surface area contributed by atoms with Gasteiger partial charge in [-0.25, -0.2) is 0 Å². The Bertz CT molecular complexity index is 1470. The zero-order valence-corrected chi connectivity index (χ0v) is 25.4. The van der Waals surface area contributed by atoms with Crippen LogP contribution in [0.3, 0.4) is 0 Å². The second kappa shape index (κ2) is 14.3. The lowest BCUT2D eigenvalue weighted by molar-refractivity contribution is -0.288. The van der Waals surface area contributed by atoms with E-state index in [-0.39, 0.29) is 48.0 Å². The van der Waals surface area contributed by atoms with Gasteiger partial charge < -0.3 is 43.0 Å². The Kier molecular flexibility index (Phi) is 10.5. The van der Waals surface area contributed by atoms with Gasteiger partial charge in [0.15, 0.2) is 29.5 Å². The molecule has 0 aliphatic carbocycles. The van der Waals surface area contributed by atoms with Crippen LogP contribution in [-0.4, -0.2) is 78.9 Å². The van der Waals surface area contributed by atoms with Gasteiger partial charge in [-0.3, -0.25) is 24.0 Å². The number of rotatable bonds is 11. The van der Waals surface area contributed by atoms with E-state index in [1.54, 1.807) is 25.1 Å². The third-order valence-electron chi connectivity index (χ3n) is 6.89. The number of aromatic hydroxyl groups is 1. The summed E-state index contributed by atoms with van der Waals surface area (Å²) in [6, 6.07) is 7.95. The maximum atomic E-state index is 13.2. The Hall–Kier alpha value is -4.85. The van der Waals surface area contributed by atoms with Crippen molar-refractivity contribution in [3.05, 3.63) is 47.0 Å². The molecule has 2 aromatic carbocycles. The molecular weight excluding hydrogens is 596 g/mol. The number of hydrogen-bond acceptors (Lipinski definition) is 14. The quantitative estimate of drug-likeness (QED) is 0.217. The fourth-order valence-corrected chi connectivity index (χ4v) is 5.04. The van der Waals surface area contributed by atoms with Gasteiger partial charge in [0, 0.05) is 39.7 Å². The minimum atomic E-state index is -1.51. The monoisotopic (exact) mass is 630 g/mol. The molecule has 0 aromatic heterocycles. The predicted octanol–water partition coefficient (Wildman–Crippen LogP) is 2.57. The maximum Gasteiger partial charge on any atom is 0.303 e. The molecule has 2 aliphatic rings. The van der Waals surface area contributed by atoms with Crippen LogP contribution < -0.4 is 14.2 Å². The number of phenols is 1. The average Bonchev–Trinajstić information content (AvgIpc) is 3.42. The highest BCUT2D eigenvalue weighted by Gasteiger charge is 2.53. The van der Waals surface area contributed by atoms with Crippen molar-refractivity contribution in [3.8, 4) is 23.0 Å². The second-order valence-corrected chi connectivity index (χ2v) is 10.3. The van der Waals surface area contributed by atoms with E-state index in [4.69, 9.17) is 37.9 Å². The minimum absolute atomic E-state index is 0.0345. The molecule has 1 saturated heterocycles. The standard InChI is InChI=1S/C31H34O14/c1-6-20-23(10-8-21(27(20)37)22(36)11-19-7-9-24-25(12-19)40-14-39-24)44-31-30(43-18(5)35)29(42-17(4)34)28(41-16(3)33)26(45-31)13-38-15(2)32/h7-10,12,26,28-31,37H,6,11,13-14H2,1-5H3/t26-,28+,29+,30-,31-/m0/s1. The first-order valence-corrected chi connectivity index (χ1v) is 14.1. The number of esters is 4. The first-order chi connectivity index (χ1) is 21.4. The van der Waals surface area contributed by atoms with Crippen LogP contribution in [0, 0.1) is 0 Å². The number of ketones is 1. The molecule has 2 heterocycles. The first kappa shape index (κ1) is 33.1. The van der Waals surface area contributed by atoms with Gasteiger partial charge in [-0.05, 0) is 36.2 Å². The molecule has 0 unspecified atom stereocenters. The summed E-state index contributed by atoms with van der Waals surface area (Å²) in [7, 11) is 0. The van der Waals surface area contributed by atoms with Gasteiger partial charge in [0.05, 0.1) is 5.56 Å². The Balaban J connectivity index is 1.65. The summed E-state index contributed by atoms with van der Waals surface area (Å²) in [4.78, 5) is 61.0. The molecule has 5 atom stereocenters. The van der Waals surface area contributed by atoms with Gasteiger partial charge >= 0.3 is 23.9 Å². The molecule has 0 amide bonds. The summed E-state index contributed by atoms with van der Waals surface area (Å²) in [5, 5.41) is 11.2. The van der Waals surface area contributed by atoms with Crippen LogP contribution in [0.15, 0.2) is 30.3 Å². The molecule has 1 fully saturated rings. The van der Waals surface area contributed by atoms with Crippen LogP contribution in [0.2, 0.25) is 0 Å². The van der Waals surface area contributed by atoms with Crippen molar-refractivity contribution in [3.63, 3.8) is 0 Å².